The van der Waals surface area contributed by atoms with Crippen molar-refractivity contribution in [2.45, 2.75) is 38.8 Å². The standard InChI is InChI=1S/C21H27N5O2/c1-15-11-17(16-5-7-25(2)8-6-16)3-4-19(15)23-21(22-14-27)20-12-18-13-28-10-9-26(18)24-20/h3-4,11-12,14,16H,5-10,13H2,1-2H3,(H,22,23,27). The first kappa shape index (κ1) is 18.8. The van der Waals surface area contributed by atoms with Crippen molar-refractivity contribution in [1.29, 1.82) is 0 Å². The number of aryl methyl sites for hydroxylation is 1. The average Bonchev–Trinajstić information content (AvgIpc) is 3.14. The van der Waals surface area contributed by atoms with E-state index in [9.17, 15) is 4.79 Å². The average molecular weight is 381 g/mol. The highest BCUT2D eigenvalue weighted by molar-refractivity contribution is 6.03. The molecule has 4 rings (SSSR count). The van der Waals surface area contributed by atoms with Crippen LogP contribution in [0.5, 0.6) is 0 Å². The van der Waals surface area contributed by atoms with Gasteiger partial charge in [0.05, 0.1) is 31.1 Å². The van der Waals surface area contributed by atoms with Crippen molar-refractivity contribution >= 4 is 17.9 Å². The van der Waals surface area contributed by atoms with Gasteiger partial charge in [0.2, 0.25) is 6.41 Å². The van der Waals surface area contributed by atoms with Crippen molar-refractivity contribution in [3.05, 3.63) is 46.8 Å². The Bertz CT molecular complexity index is 857. The van der Waals surface area contributed by atoms with Crippen molar-refractivity contribution in [3.63, 3.8) is 0 Å². The number of fused-ring (bicyclic) bond motifs is 1. The molecule has 7 heteroatoms. The number of aliphatic imine (C=N–C) groups is 1. The fourth-order valence-electron chi connectivity index (χ4n) is 3.95. The van der Waals surface area contributed by atoms with Crippen LogP contribution in [0.15, 0.2) is 29.3 Å². The molecule has 7 nitrogen and oxygen atoms in total. The number of ether oxygens (including phenoxy) is 1. The predicted molar refractivity (Wildman–Crippen MR) is 108 cm³/mol. The smallest absolute Gasteiger partial charge is 0.212 e. The number of benzene rings is 1. The second kappa shape index (κ2) is 8.24. The van der Waals surface area contributed by atoms with Crippen LogP contribution in [-0.2, 0) is 22.7 Å². The van der Waals surface area contributed by atoms with E-state index in [1.165, 1.54) is 18.4 Å². The molecule has 1 aromatic heterocycles. The number of aromatic nitrogens is 2. The minimum absolute atomic E-state index is 0.465. The Morgan fingerprint density at radius 2 is 2.11 bits per heavy atom. The van der Waals surface area contributed by atoms with E-state index in [0.29, 0.717) is 43.6 Å². The maximum atomic E-state index is 11.1. The van der Waals surface area contributed by atoms with E-state index in [0.717, 1.165) is 30.0 Å². The molecule has 2 aliphatic rings. The molecular formula is C21H27N5O2. The van der Waals surface area contributed by atoms with Crippen LogP contribution in [0, 0.1) is 6.92 Å². The summed E-state index contributed by atoms with van der Waals surface area (Å²) in [5.74, 6) is 1.08. The highest BCUT2D eigenvalue weighted by atomic mass is 16.5. The number of likely N-dealkylation sites (tertiary alicyclic amines) is 1. The Hall–Kier alpha value is -2.51. The quantitative estimate of drug-likeness (QED) is 0.501. The first-order chi connectivity index (χ1) is 13.6. The molecule has 0 saturated carbocycles. The molecule has 1 N–H and O–H groups in total. The van der Waals surface area contributed by atoms with Gasteiger partial charge in [0.1, 0.15) is 5.69 Å². The third-order valence-electron chi connectivity index (χ3n) is 5.64. The van der Waals surface area contributed by atoms with Gasteiger partial charge in [0.15, 0.2) is 5.84 Å². The van der Waals surface area contributed by atoms with Crippen LogP contribution in [0.3, 0.4) is 0 Å². The minimum Gasteiger partial charge on any atom is -0.373 e. The normalized spacial score (nSPS) is 18.7. The summed E-state index contributed by atoms with van der Waals surface area (Å²) in [6, 6.07) is 8.39. The minimum atomic E-state index is 0.465. The van der Waals surface area contributed by atoms with Crippen molar-refractivity contribution in [3.8, 4) is 0 Å². The number of hydrogen-bond acceptors (Lipinski definition) is 5. The van der Waals surface area contributed by atoms with Crippen molar-refractivity contribution < 1.29 is 9.53 Å². The third kappa shape index (κ3) is 4.00. The van der Waals surface area contributed by atoms with Gasteiger partial charge in [-0.15, -0.1) is 0 Å². The van der Waals surface area contributed by atoms with E-state index < -0.39 is 0 Å². The molecule has 0 radical (unpaired) electrons. The first-order valence-electron chi connectivity index (χ1n) is 9.87. The zero-order valence-corrected chi connectivity index (χ0v) is 16.5. The number of hydrogen-bond donors (Lipinski definition) is 1. The SMILES string of the molecule is Cc1cc(C2CCN(C)CC2)ccc1/N=C(\NC=O)c1cc2n(n1)CCOC2. The van der Waals surface area contributed by atoms with Gasteiger partial charge in [-0.2, -0.15) is 5.10 Å². The number of rotatable bonds is 4. The van der Waals surface area contributed by atoms with Crippen molar-refractivity contribution in [1.82, 2.24) is 20.0 Å². The summed E-state index contributed by atoms with van der Waals surface area (Å²) in [7, 11) is 2.18. The van der Waals surface area contributed by atoms with E-state index in [1.807, 2.05) is 10.7 Å². The number of nitrogens with one attached hydrogen (secondary N) is 1. The van der Waals surface area contributed by atoms with Crippen molar-refractivity contribution in [2.24, 2.45) is 4.99 Å². The molecule has 2 aromatic rings. The van der Waals surface area contributed by atoms with Crippen LogP contribution in [-0.4, -0.2) is 53.7 Å². The lowest BCUT2D eigenvalue weighted by molar-refractivity contribution is -0.108. The molecule has 0 atom stereocenters. The number of piperidine rings is 1. The molecule has 2 aliphatic heterocycles. The monoisotopic (exact) mass is 381 g/mol. The van der Waals surface area contributed by atoms with Gasteiger partial charge in [-0.05, 0) is 69.1 Å². The molecule has 1 saturated heterocycles. The number of amides is 1. The van der Waals surface area contributed by atoms with Gasteiger partial charge in [-0.25, -0.2) is 4.99 Å². The van der Waals surface area contributed by atoms with Gasteiger partial charge >= 0.3 is 0 Å². The number of carbonyl (C=O) groups excluding carboxylic acids is 1. The van der Waals surface area contributed by atoms with Crippen LogP contribution in [0.1, 0.15) is 41.3 Å². The van der Waals surface area contributed by atoms with Crippen LogP contribution in [0.2, 0.25) is 0 Å². The summed E-state index contributed by atoms with van der Waals surface area (Å²) in [4.78, 5) is 18.2. The first-order valence-corrected chi connectivity index (χ1v) is 9.87. The Balaban J connectivity index is 1.59. The lowest BCUT2D eigenvalue weighted by Gasteiger charge is -2.29. The third-order valence-corrected chi connectivity index (χ3v) is 5.64. The Morgan fingerprint density at radius 1 is 1.29 bits per heavy atom. The zero-order valence-electron chi connectivity index (χ0n) is 16.5. The largest absolute Gasteiger partial charge is 0.373 e. The highest BCUT2D eigenvalue weighted by Crippen LogP contribution is 2.31. The van der Waals surface area contributed by atoms with E-state index >= 15 is 0 Å². The molecule has 0 bridgehead atoms. The molecule has 0 spiro atoms. The van der Waals surface area contributed by atoms with E-state index in [4.69, 9.17) is 9.73 Å². The molecule has 148 valence electrons. The van der Waals surface area contributed by atoms with E-state index in [-0.39, 0.29) is 0 Å². The van der Waals surface area contributed by atoms with Crippen LogP contribution < -0.4 is 5.32 Å². The lowest BCUT2D eigenvalue weighted by atomic mass is 9.88. The van der Waals surface area contributed by atoms with Gasteiger partial charge in [0.25, 0.3) is 0 Å². The van der Waals surface area contributed by atoms with Gasteiger partial charge in [0, 0.05) is 0 Å². The number of amidine groups is 1. The molecule has 0 unspecified atom stereocenters. The molecular weight excluding hydrogens is 354 g/mol. The molecule has 1 aromatic carbocycles. The molecule has 0 aliphatic carbocycles. The predicted octanol–water partition coefficient (Wildman–Crippen LogP) is 2.36. The number of nitrogens with zero attached hydrogens (tertiary/aromatic N) is 4. The van der Waals surface area contributed by atoms with Crippen LogP contribution in [0.4, 0.5) is 5.69 Å². The maximum absolute atomic E-state index is 11.1. The van der Waals surface area contributed by atoms with Gasteiger partial charge < -0.3 is 15.0 Å². The molecule has 1 amide bonds. The summed E-state index contributed by atoms with van der Waals surface area (Å²) >= 11 is 0. The van der Waals surface area contributed by atoms with Gasteiger partial charge in [-0.3, -0.25) is 9.48 Å². The Labute approximate surface area is 165 Å². The number of carbonyl (C=O) groups is 1. The summed E-state index contributed by atoms with van der Waals surface area (Å²) in [5, 5.41) is 7.29. The fraction of sp³-hybridized carbons (Fsp3) is 0.476. The fourth-order valence-corrected chi connectivity index (χ4v) is 3.95. The second-order valence-electron chi connectivity index (χ2n) is 7.64. The van der Waals surface area contributed by atoms with Crippen LogP contribution in [0.25, 0.3) is 0 Å². The Kier molecular flexibility index (Phi) is 5.54. The lowest BCUT2D eigenvalue weighted by Crippen LogP contribution is -2.29. The molecule has 3 heterocycles. The van der Waals surface area contributed by atoms with Crippen LogP contribution >= 0.6 is 0 Å². The zero-order chi connectivity index (χ0) is 19.5. The van der Waals surface area contributed by atoms with Crippen molar-refractivity contribution in [2.75, 3.05) is 26.7 Å². The highest BCUT2D eigenvalue weighted by Gasteiger charge is 2.19. The maximum Gasteiger partial charge on any atom is 0.212 e. The topological polar surface area (TPSA) is 71.8 Å². The molecule has 28 heavy (non-hydrogen) atoms. The van der Waals surface area contributed by atoms with E-state index in [1.54, 1.807) is 0 Å². The summed E-state index contributed by atoms with van der Waals surface area (Å²) < 4.78 is 7.38. The van der Waals surface area contributed by atoms with E-state index in [2.05, 4.69) is 47.5 Å². The summed E-state index contributed by atoms with van der Waals surface area (Å²) in [6.07, 6.45) is 3.04. The Morgan fingerprint density at radius 3 is 2.82 bits per heavy atom. The summed E-state index contributed by atoms with van der Waals surface area (Å²) in [5.41, 5.74) is 4.99. The van der Waals surface area contributed by atoms with Gasteiger partial charge in [-0.1, -0.05) is 12.1 Å². The second-order valence-corrected chi connectivity index (χ2v) is 7.64. The molecule has 1 fully saturated rings. The summed E-state index contributed by atoms with van der Waals surface area (Å²) in [6.45, 7) is 6.26.